The minimum absolute atomic E-state index is 0.0542. The lowest BCUT2D eigenvalue weighted by atomic mass is 10.4. The van der Waals surface area contributed by atoms with Gasteiger partial charge in [0.25, 0.3) is 10.0 Å². The van der Waals surface area contributed by atoms with Crippen LogP contribution in [0.15, 0.2) is 27.6 Å². The van der Waals surface area contributed by atoms with E-state index in [0.717, 1.165) is 4.47 Å². The first-order valence-electron chi connectivity index (χ1n) is 4.63. The van der Waals surface area contributed by atoms with Gasteiger partial charge in [0, 0.05) is 11.0 Å². The van der Waals surface area contributed by atoms with E-state index >= 15 is 0 Å². The van der Waals surface area contributed by atoms with Gasteiger partial charge in [0.05, 0.1) is 11.6 Å². The van der Waals surface area contributed by atoms with Crippen LogP contribution in [-0.4, -0.2) is 26.0 Å². The largest absolute Gasteiger partial charge is 0.284 e. The maximum atomic E-state index is 12.2. The molecule has 1 aliphatic heterocycles. The van der Waals surface area contributed by atoms with Gasteiger partial charge in [0.2, 0.25) is 0 Å². The van der Waals surface area contributed by atoms with Gasteiger partial charge < -0.3 is 0 Å². The summed E-state index contributed by atoms with van der Waals surface area (Å²) in [6.45, 7) is 0.779. The fraction of sp³-hybridized carbons (Fsp3) is 0.333. The van der Waals surface area contributed by atoms with Gasteiger partial charge in [-0.2, -0.15) is 0 Å². The van der Waals surface area contributed by atoms with Crippen LogP contribution in [0, 0.1) is 0 Å². The van der Waals surface area contributed by atoms with Gasteiger partial charge in [0.1, 0.15) is 4.90 Å². The second kappa shape index (κ2) is 4.62. The molecule has 1 aromatic rings. The minimum atomic E-state index is -3.67. The maximum Gasteiger partial charge on any atom is 0.267 e. The molecule has 16 heavy (non-hydrogen) atoms. The summed E-state index contributed by atoms with van der Waals surface area (Å²) in [6.07, 6.45) is 0.696. The van der Waals surface area contributed by atoms with E-state index in [-0.39, 0.29) is 9.92 Å². The summed E-state index contributed by atoms with van der Waals surface area (Å²) in [5, 5.41) is 0.185. The van der Waals surface area contributed by atoms with Gasteiger partial charge in [0.15, 0.2) is 0 Å². The monoisotopic (exact) mass is 325 g/mol. The molecule has 0 aliphatic carbocycles. The molecule has 1 aromatic carbocycles. The van der Waals surface area contributed by atoms with Crippen LogP contribution in [0.25, 0.3) is 0 Å². The summed E-state index contributed by atoms with van der Waals surface area (Å²) in [7, 11) is -3.67. The Hall–Kier alpha value is -0.140. The fourth-order valence-electron chi connectivity index (χ4n) is 1.44. The molecule has 1 aliphatic rings. The van der Waals surface area contributed by atoms with E-state index in [0.29, 0.717) is 24.0 Å². The average Bonchev–Trinajstić information content (AvgIpc) is 2.69. The van der Waals surface area contributed by atoms with E-state index in [2.05, 4.69) is 15.9 Å². The summed E-state index contributed by atoms with van der Waals surface area (Å²) < 4.78 is 25.8. The molecule has 0 aromatic heterocycles. The molecule has 0 amide bonds. The van der Waals surface area contributed by atoms with Crippen LogP contribution < -0.4 is 0 Å². The van der Waals surface area contributed by atoms with E-state index < -0.39 is 10.0 Å². The molecule has 4 nitrogen and oxygen atoms in total. The third kappa shape index (κ3) is 2.12. The van der Waals surface area contributed by atoms with Crippen molar-refractivity contribution >= 4 is 37.6 Å². The lowest BCUT2D eigenvalue weighted by Crippen LogP contribution is -2.27. The predicted molar refractivity (Wildman–Crippen MR) is 63.6 cm³/mol. The third-order valence-electron chi connectivity index (χ3n) is 2.17. The quantitative estimate of drug-likeness (QED) is 0.838. The standard InChI is InChI=1S/C9H9BrClNO3S/c10-7-3-1-4-8(11)9(7)16(13,14)12-5-2-6-15-12/h1,3-4H,2,5-6H2. The highest BCUT2D eigenvalue weighted by molar-refractivity contribution is 9.10. The normalized spacial score (nSPS) is 17.9. The summed E-state index contributed by atoms with van der Waals surface area (Å²) in [4.78, 5) is 5.10. The number of benzene rings is 1. The smallest absolute Gasteiger partial charge is 0.267 e. The van der Waals surface area contributed by atoms with Crippen molar-refractivity contribution in [3.05, 3.63) is 27.7 Å². The molecule has 0 spiro atoms. The summed E-state index contributed by atoms with van der Waals surface area (Å²) in [6, 6.07) is 4.85. The van der Waals surface area contributed by atoms with Crippen molar-refractivity contribution in [2.45, 2.75) is 11.3 Å². The molecule has 1 fully saturated rings. The SMILES string of the molecule is O=S(=O)(c1c(Cl)cccc1Br)N1CCCO1. The Kier molecular flexibility index (Phi) is 3.56. The van der Waals surface area contributed by atoms with Crippen molar-refractivity contribution in [1.29, 1.82) is 0 Å². The molecule has 0 saturated carbocycles. The second-order valence-electron chi connectivity index (χ2n) is 3.27. The molecule has 0 radical (unpaired) electrons. The van der Waals surface area contributed by atoms with Gasteiger partial charge in [-0.3, -0.25) is 4.84 Å². The zero-order valence-electron chi connectivity index (χ0n) is 8.19. The highest BCUT2D eigenvalue weighted by atomic mass is 79.9. The predicted octanol–water partition coefficient (Wildman–Crippen LogP) is 2.43. The Morgan fingerprint density at radius 2 is 2.19 bits per heavy atom. The van der Waals surface area contributed by atoms with Crippen LogP contribution in [0.2, 0.25) is 5.02 Å². The highest BCUT2D eigenvalue weighted by Gasteiger charge is 2.32. The van der Waals surface area contributed by atoms with Crippen LogP contribution in [0.4, 0.5) is 0 Å². The summed E-state index contributed by atoms with van der Waals surface area (Å²) in [5.41, 5.74) is 0. The number of rotatable bonds is 2. The van der Waals surface area contributed by atoms with E-state index in [1.54, 1.807) is 12.1 Å². The van der Waals surface area contributed by atoms with Gasteiger partial charge in [-0.1, -0.05) is 22.1 Å². The number of hydrogen-bond acceptors (Lipinski definition) is 3. The van der Waals surface area contributed by atoms with E-state index in [1.807, 2.05) is 0 Å². The Bertz CT molecular complexity index is 479. The minimum Gasteiger partial charge on any atom is -0.284 e. The summed E-state index contributed by atoms with van der Waals surface area (Å²) >= 11 is 9.09. The molecule has 0 atom stereocenters. The molecule has 7 heteroatoms. The van der Waals surface area contributed by atoms with Crippen molar-refractivity contribution in [3.63, 3.8) is 0 Å². The van der Waals surface area contributed by atoms with Crippen LogP contribution in [0.5, 0.6) is 0 Å². The van der Waals surface area contributed by atoms with Crippen LogP contribution in [0.1, 0.15) is 6.42 Å². The summed E-state index contributed by atoms with van der Waals surface area (Å²) in [5.74, 6) is 0. The number of hydrogen-bond donors (Lipinski definition) is 0. The first-order valence-corrected chi connectivity index (χ1v) is 7.24. The zero-order chi connectivity index (χ0) is 11.8. The Balaban J connectivity index is 2.50. The third-order valence-corrected chi connectivity index (χ3v) is 5.30. The van der Waals surface area contributed by atoms with Gasteiger partial charge in [-0.15, -0.1) is 0 Å². The van der Waals surface area contributed by atoms with Crippen molar-refractivity contribution < 1.29 is 13.3 Å². The fourth-order valence-corrected chi connectivity index (χ4v) is 4.42. The highest BCUT2D eigenvalue weighted by Crippen LogP contribution is 2.32. The molecule has 1 saturated heterocycles. The Labute approximate surface area is 107 Å². The lowest BCUT2D eigenvalue weighted by molar-refractivity contribution is -0.0284. The first-order chi connectivity index (χ1) is 7.53. The molecule has 0 unspecified atom stereocenters. The molecule has 2 rings (SSSR count). The van der Waals surface area contributed by atoms with Crippen molar-refractivity contribution in [1.82, 2.24) is 4.47 Å². The molecule has 0 bridgehead atoms. The average molecular weight is 327 g/mol. The molecule has 0 N–H and O–H groups in total. The lowest BCUT2D eigenvalue weighted by Gasteiger charge is -2.16. The Morgan fingerprint density at radius 1 is 1.44 bits per heavy atom. The number of nitrogens with zero attached hydrogens (tertiary/aromatic N) is 1. The maximum absolute atomic E-state index is 12.2. The van der Waals surface area contributed by atoms with Crippen molar-refractivity contribution in [2.24, 2.45) is 0 Å². The van der Waals surface area contributed by atoms with Crippen LogP contribution >= 0.6 is 27.5 Å². The zero-order valence-corrected chi connectivity index (χ0v) is 11.3. The van der Waals surface area contributed by atoms with Gasteiger partial charge in [-0.05, 0) is 34.5 Å². The van der Waals surface area contributed by atoms with E-state index in [4.69, 9.17) is 16.4 Å². The molecular formula is C9H9BrClNO3S. The van der Waals surface area contributed by atoms with E-state index in [1.165, 1.54) is 6.07 Å². The molecule has 1 heterocycles. The van der Waals surface area contributed by atoms with Crippen LogP contribution in [-0.2, 0) is 14.9 Å². The first kappa shape index (κ1) is 12.3. The van der Waals surface area contributed by atoms with Crippen molar-refractivity contribution in [2.75, 3.05) is 13.2 Å². The van der Waals surface area contributed by atoms with E-state index in [9.17, 15) is 8.42 Å². The van der Waals surface area contributed by atoms with Crippen LogP contribution in [0.3, 0.4) is 0 Å². The number of halogens is 2. The topological polar surface area (TPSA) is 46.6 Å². The number of hydroxylamine groups is 1. The van der Waals surface area contributed by atoms with Gasteiger partial charge >= 0.3 is 0 Å². The van der Waals surface area contributed by atoms with Gasteiger partial charge in [-0.25, -0.2) is 8.42 Å². The Morgan fingerprint density at radius 3 is 2.75 bits per heavy atom. The second-order valence-corrected chi connectivity index (χ2v) is 6.30. The molecular weight excluding hydrogens is 318 g/mol. The number of sulfonamides is 1. The van der Waals surface area contributed by atoms with Crippen molar-refractivity contribution in [3.8, 4) is 0 Å². The molecule has 88 valence electrons.